The van der Waals surface area contributed by atoms with E-state index in [0.717, 1.165) is 36.8 Å². The molecule has 1 saturated heterocycles. The summed E-state index contributed by atoms with van der Waals surface area (Å²) >= 11 is 12.0. The normalized spacial score (nSPS) is 16.3. The first-order valence-electron chi connectivity index (χ1n) is 10.2. The van der Waals surface area contributed by atoms with Crippen LogP contribution in [-0.2, 0) is 4.79 Å². The third-order valence-electron chi connectivity index (χ3n) is 5.46. The highest BCUT2D eigenvalue weighted by Gasteiger charge is 2.31. The third-order valence-corrected chi connectivity index (χ3v) is 6.19. The second-order valence-corrected chi connectivity index (χ2v) is 8.49. The van der Waals surface area contributed by atoms with Crippen molar-refractivity contribution < 1.29 is 23.8 Å². The van der Waals surface area contributed by atoms with Crippen LogP contribution in [0.2, 0.25) is 10.0 Å². The average molecular weight is 468 g/mol. The van der Waals surface area contributed by atoms with Crippen LogP contribution in [0.1, 0.15) is 66.1 Å². The van der Waals surface area contributed by atoms with Crippen LogP contribution >= 0.6 is 23.2 Å². The summed E-state index contributed by atoms with van der Waals surface area (Å²) in [7, 11) is 0. The lowest BCUT2D eigenvalue weighted by Gasteiger charge is -2.21. The molecule has 2 aromatic rings. The number of carboxylic acid groups (broad SMARTS) is 1. The molecule has 5 nitrogen and oxygen atoms in total. The third kappa shape index (κ3) is 5.69. The van der Waals surface area contributed by atoms with Gasteiger partial charge in [0.2, 0.25) is 0 Å². The average Bonchev–Trinajstić information content (AvgIpc) is 3.43. The van der Waals surface area contributed by atoms with E-state index in [1.54, 1.807) is 29.2 Å². The first-order chi connectivity index (χ1) is 14.8. The molecule has 0 radical (unpaired) electrons. The molecule has 2 aliphatic rings. The number of likely N-dealkylation sites (tertiary alicyclic amines) is 1. The van der Waals surface area contributed by atoms with Crippen molar-refractivity contribution in [2.45, 2.75) is 44.6 Å². The lowest BCUT2D eigenvalue weighted by Crippen LogP contribution is -2.28. The minimum Gasteiger partial charge on any atom is -0.486 e. The molecule has 4 rings (SSSR count). The second kappa shape index (κ2) is 10.3. The smallest absolute Gasteiger partial charge is 0.290 e. The SMILES string of the molecule is CC(Oc1ccc(Cl)c(Cl)c1)c1cc(F)c(C(=O)N2CCCC2)cc1C1CC1.O=CO. The van der Waals surface area contributed by atoms with Crippen LogP contribution in [0.3, 0.4) is 0 Å². The highest BCUT2D eigenvalue weighted by molar-refractivity contribution is 6.42. The molecule has 2 aromatic carbocycles. The molecule has 1 atom stereocenters. The molecule has 31 heavy (non-hydrogen) atoms. The van der Waals surface area contributed by atoms with Crippen LogP contribution in [0.5, 0.6) is 5.75 Å². The van der Waals surface area contributed by atoms with E-state index < -0.39 is 5.82 Å². The summed E-state index contributed by atoms with van der Waals surface area (Å²) in [4.78, 5) is 22.8. The molecule has 0 spiro atoms. The van der Waals surface area contributed by atoms with Crippen LogP contribution in [-0.4, -0.2) is 35.5 Å². The number of hydrogen-bond donors (Lipinski definition) is 1. The molecule has 1 N–H and O–H groups in total. The summed E-state index contributed by atoms with van der Waals surface area (Å²) in [5, 5.41) is 7.75. The minimum absolute atomic E-state index is 0.175. The predicted molar refractivity (Wildman–Crippen MR) is 118 cm³/mol. The fourth-order valence-corrected chi connectivity index (χ4v) is 4.07. The fraction of sp³-hybridized carbons (Fsp3) is 0.391. The number of amides is 1. The number of carbonyl (C=O) groups excluding carboxylic acids is 1. The number of rotatable bonds is 5. The molecule has 1 aliphatic carbocycles. The van der Waals surface area contributed by atoms with Gasteiger partial charge in [-0.25, -0.2) is 4.39 Å². The lowest BCUT2D eigenvalue weighted by atomic mass is 9.95. The van der Waals surface area contributed by atoms with Gasteiger partial charge >= 0.3 is 0 Å². The number of carbonyl (C=O) groups is 2. The Labute approximate surface area is 190 Å². The molecule has 1 saturated carbocycles. The highest BCUT2D eigenvalue weighted by Crippen LogP contribution is 2.44. The van der Waals surface area contributed by atoms with Crippen molar-refractivity contribution in [3.63, 3.8) is 0 Å². The van der Waals surface area contributed by atoms with Gasteiger partial charge in [-0.15, -0.1) is 0 Å². The lowest BCUT2D eigenvalue weighted by molar-refractivity contribution is -0.122. The molecular formula is C23H24Cl2FNO4. The Morgan fingerprint density at radius 2 is 1.84 bits per heavy atom. The van der Waals surface area contributed by atoms with Gasteiger partial charge in [-0.1, -0.05) is 23.2 Å². The van der Waals surface area contributed by atoms with E-state index in [1.165, 1.54) is 6.07 Å². The van der Waals surface area contributed by atoms with Gasteiger partial charge in [0.25, 0.3) is 12.4 Å². The van der Waals surface area contributed by atoms with Crippen LogP contribution in [0.4, 0.5) is 4.39 Å². The summed E-state index contributed by atoms with van der Waals surface area (Å²) < 4.78 is 20.9. The monoisotopic (exact) mass is 467 g/mol. The summed E-state index contributed by atoms with van der Waals surface area (Å²) in [6, 6.07) is 8.28. The molecule has 166 valence electrons. The Kier molecular flexibility index (Phi) is 7.79. The predicted octanol–water partition coefficient (Wildman–Crippen LogP) is 6.09. The van der Waals surface area contributed by atoms with Gasteiger partial charge in [0, 0.05) is 19.2 Å². The van der Waals surface area contributed by atoms with Crippen LogP contribution in [0, 0.1) is 5.82 Å². The quantitative estimate of drug-likeness (QED) is 0.540. The largest absolute Gasteiger partial charge is 0.486 e. The second-order valence-electron chi connectivity index (χ2n) is 7.68. The molecule has 0 aromatic heterocycles. The fourth-order valence-electron chi connectivity index (χ4n) is 3.78. The van der Waals surface area contributed by atoms with Gasteiger partial charge < -0.3 is 14.7 Å². The summed E-state index contributed by atoms with van der Waals surface area (Å²) in [6.45, 7) is 3.04. The van der Waals surface area contributed by atoms with Gasteiger partial charge in [-0.05, 0) is 73.9 Å². The van der Waals surface area contributed by atoms with E-state index in [9.17, 15) is 9.18 Å². The maximum Gasteiger partial charge on any atom is 0.290 e. The zero-order chi connectivity index (χ0) is 22.5. The van der Waals surface area contributed by atoms with Crippen LogP contribution < -0.4 is 4.74 Å². The number of benzene rings is 2. The summed E-state index contributed by atoms with van der Waals surface area (Å²) in [5.74, 6) is 0.240. The van der Waals surface area contributed by atoms with Crippen molar-refractivity contribution in [2.75, 3.05) is 13.1 Å². The Bertz CT molecular complexity index is 959. The zero-order valence-corrected chi connectivity index (χ0v) is 18.6. The van der Waals surface area contributed by atoms with Gasteiger partial charge in [-0.2, -0.15) is 0 Å². The molecule has 1 aliphatic heterocycles. The van der Waals surface area contributed by atoms with Crippen molar-refractivity contribution in [2.24, 2.45) is 0 Å². The molecule has 1 unspecified atom stereocenters. The standard InChI is InChI=1S/C22H22Cl2FNO2.CH2O2/c1-13(28-15-6-7-19(23)20(24)10-15)16-12-21(25)18(11-17(16)14-4-5-14)22(27)26-8-2-3-9-26;2-1-3/h6-7,10-14H,2-5,8-9H2,1H3;1H,(H,2,3). The van der Waals surface area contributed by atoms with Crippen molar-refractivity contribution in [3.8, 4) is 5.75 Å². The minimum atomic E-state index is -0.485. The number of hydrogen-bond acceptors (Lipinski definition) is 3. The highest BCUT2D eigenvalue weighted by atomic mass is 35.5. The van der Waals surface area contributed by atoms with Crippen molar-refractivity contribution in [3.05, 3.63) is 62.9 Å². The van der Waals surface area contributed by atoms with Gasteiger partial charge in [0.15, 0.2) is 0 Å². The van der Waals surface area contributed by atoms with E-state index in [1.807, 2.05) is 6.92 Å². The summed E-state index contributed by atoms with van der Waals surface area (Å²) in [6.07, 6.45) is 3.69. The Morgan fingerprint density at radius 3 is 2.42 bits per heavy atom. The van der Waals surface area contributed by atoms with Gasteiger partial charge in [0.05, 0.1) is 15.6 Å². The van der Waals surface area contributed by atoms with Crippen molar-refractivity contribution in [1.29, 1.82) is 0 Å². The van der Waals surface area contributed by atoms with Gasteiger partial charge in [0.1, 0.15) is 17.7 Å². The number of halogens is 3. The first kappa shape index (κ1) is 23.4. The van der Waals surface area contributed by atoms with Crippen LogP contribution in [0.25, 0.3) is 0 Å². The Morgan fingerprint density at radius 1 is 1.19 bits per heavy atom. The van der Waals surface area contributed by atoms with E-state index in [0.29, 0.717) is 34.8 Å². The number of nitrogens with zero attached hydrogens (tertiary/aromatic N) is 1. The van der Waals surface area contributed by atoms with E-state index in [2.05, 4.69) is 0 Å². The van der Waals surface area contributed by atoms with Gasteiger partial charge in [-0.3, -0.25) is 9.59 Å². The maximum absolute atomic E-state index is 14.9. The molecule has 1 amide bonds. The van der Waals surface area contributed by atoms with Crippen molar-refractivity contribution >= 4 is 35.6 Å². The van der Waals surface area contributed by atoms with E-state index in [4.69, 9.17) is 37.8 Å². The van der Waals surface area contributed by atoms with E-state index in [-0.39, 0.29) is 24.0 Å². The molecule has 1 heterocycles. The first-order valence-corrected chi connectivity index (χ1v) is 10.9. The van der Waals surface area contributed by atoms with E-state index >= 15 is 0 Å². The van der Waals surface area contributed by atoms with Crippen LogP contribution in [0.15, 0.2) is 30.3 Å². The topological polar surface area (TPSA) is 66.8 Å². The maximum atomic E-state index is 14.9. The Hall–Kier alpha value is -2.31. The zero-order valence-electron chi connectivity index (χ0n) is 17.1. The molecule has 2 fully saturated rings. The molecular weight excluding hydrogens is 444 g/mol. The van der Waals surface area contributed by atoms with Crippen molar-refractivity contribution in [1.82, 2.24) is 4.90 Å². The Balaban J connectivity index is 0.000000858. The molecule has 8 heteroatoms. The number of ether oxygens (including phenoxy) is 1. The molecule has 0 bridgehead atoms. The summed E-state index contributed by atoms with van der Waals surface area (Å²) in [5.41, 5.74) is 1.97.